The van der Waals surface area contributed by atoms with E-state index < -0.39 is 0 Å². The normalized spacial score (nSPS) is 20.2. The van der Waals surface area contributed by atoms with Crippen molar-refractivity contribution >= 4 is 11.6 Å². The summed E-state index contributed by atoms with van der Waals surface area (Å²) in [5.74, 6) is -0.00332. The van der Waals surface area contributed by atoms with Gasteiger partial charge in [0, 0.05) is 11.6 Å². The van der Waals surface area contributed by atoms with Crippen LogP contribution in [0.25, 0.3) is 0 Å². The first-order valence-electron chi connectivity index (χ1n) is 8.02. The predicted octanol–water partition coefficient (Wildman–Crippen LogP) is 4.87. The van der Waals surface area contributed by atoms with Crippen molar-refractivity contribution in [2.75, 3.05) is 5.32 Å². The number of halogens is 1. The van der Waals surface area contributed by atoms with Crippen LogP contribution in [0, 0.1) is 11.7 Å². The van der Waals surface area contributed by atoms with Crippen molar-refractivity contribution in [2.24, 2.45) is 5.92 Å². The van der Waals surface area contributed by atoms with E-state index in [-0.39, 0.29) is 29.0 Å². The average molecular weight is 311 g/mol. The molecule has 0 aliphatic heterocycles. The molecular weight excluding hydrogens is 289 g/mol. The van der Waals surface area contributed by atoms with Crippen molar-refractivity contribution in [1.82, 2.24) is 0 Å². The van der Waals surface area contributed by atoms with Crippen molar-refractivity contribution in [3.05, 3.63) is 65.5 Å². The largest absolute Gasteiger partial charge is 0.326 e. The quantitative estimate of drug-likeness (QED) is 0.861. The van der Waals surface area contributed by atoms with Gasteiger partial charge in [-0.25, -0.2) is 4.39 Å². The highest BCUT2D eigenvalue weighted by atomic mass is 19.1. The summed E-state index contributed by atoms with van der Waals surface area (Å²) in [4.78, 5) is 12.5. The zero-order chi connectivity index (χ0) is 16.6. The van der Waals surface area contributed by atoms with E-state index in [2.05, 4.69) is 32.2 Å². The maximum absolute atomic E-state index is 13.0. The molecule has 0 aromatic heterocycles. The molecule has 1 amide bonds. The Labute approximate surface area is 136 Å². The number of rotatable bonds is 3. The number of hydrogen-bond acceptors (Lipinski definition) is 1. The van der Waals surface area contributed by atoms with Crippen molar-refractivity contribution in [1.29, 1.82) is 0 Å². The Morgan fingerprint density at radius 3 is 2.39 bits per heavy atom. The molecule has 1 N–H and O–H groups in total. The van der Waals surface area contributed by atoms with Crippen LogP contribution >= 0.6 is 0 Å². The molecule has 0 bridgehead atoms. The number of amides is 1. The third kappa shape index (κ3) is 3.44. The molecule has 3 heteroatoms. The molecule has 23 heavy (non-hydrogen) atoms. The van der Waals surface area contributed by atoms with Crippen LogP contribution in [0.5, 0.6) is 0 Å². The monoisotopic (exact) mass is 311 g/mol. The van der Waals surface area contributed by atoms with Crippen molar-refractivity contribution in [2.45, 2.75) is 38.5 Å². The van der Waals surface area contributed by atoms with Gasteiger partial charge in [-0.2, -0.15) is 0 Å². The topological polar surface area (TPSA) is 29.1 Å². The van der Waals surface area contributed by atoms with Crippen LogP contribution in [0.1, 0.15) is 44.2 Å². The Morgan fingerprint density at radius 1 is 1.09 bits per heavy atom. The zero-order valence-electron chi connectivity index (χ0n) is 13.8. The summed E-state index contributed by atoms with van der Waals surface area (Å²) in [7, 11) is 0. The lowest BCUT2D eigenvalue weighted by atomic mass is 9.86. The molecule has 0 radical (unpaired) electrons. The third-order valence-corrected chi connectivity index (χ3v) is 4.42. The van der Waals surface area contributed by atoms with Crippen LogP contribution < -0.4 is 5.32 Å². The highest BCUT2D eigenvalue weighted by Crippen LogP contribution is 2.48. The van der Waals surface area contributed by atoms with Gasteiger partial charge in [-0.05, 0) is 47.1 Å². The Bertz CT molecular complexity index is 715. The number of carbonyl (C=O) groups excluding carboxylic acids is 1. The average Bonchev–Trinajstić information content (AvgIpc) is 3.28. The molecule has 2 nitrogen and oxygen atoms in total. The SMILES string of the molecule is CC(C)(C)c1ccccc1NC(=O)C1CC1c1ccc(F)cc1. The molecule has 1 saturated carbocycles. The highest BCUT2D eigenvalue weighted by Gasteiger charge is 2.44. The van der Waals surface area contributed by atoms with E-state index in [1.54, 1.807) is 12.1 Å². The molecule has 0 spiro atoms. The first-order valence-corrected chi connectivity index (χ1v) is 8.02. The van der Waals surface area contributed by atoms with Crippen LogP contribution in [0.15, 0.2) is 48.5 Å². The van der Waals surface area contributed by atoms with Gasteiger partial charge in [0.1, 0.15) is 5.82 Å². The number of carbonyl (C=O) groups is 1. The summed E-state index contributed by atoms with van der Waals surface area (Å²) in [5, 5.41) is 3.08. The molecule has 1 fully saturated rings. The fourth-order valence-corrected chi connectivity index (χ4v) is 3.03. The van der Waals surface area contributed by atoms with E-state index in [0.717, 1.165) is 23.2 Å². The van der Waals surface area contributed by atoms with Gasteiger partial charge in [0.2, 0.25) is 5.91 Å². The van der Waals surface area contributed by atoms with Crippen molar-refractivity contribution < 1.29 is 9.18 Å². The Hall–Kier alpha value is -2.16. The van der Waals surface area contributed by atoms with Crippen LogP contribution in [0.2, 0.25) is 0 Å². The second-order valence-corrected chi connectivity index (χ2v) is 7.29. The summed E-state index contributed by atoms with van der Waals surface area (Å²) in [6.07, 6.45) is 0.829. The van der Waals surface area contributed by atoms with Crippen LogP contribution in [-0.4, -0.2) is 5.91 Å². The van der Waals surface area contributed by atoms with E-state index in [4.69, 9.17) is 0 Å². The molecule has 120 valence electrons. The van der Waals surface area contributed by atoms with Crippen LogP contribution in [0.4, 0.5) is 10.1 Å². The zero-order valence-corrected chi connectivity index (χ0v) is 13.8. The van der Waals surface area contributed by atoms with E-state index in [1.165, 1.54) is 12.1 Å². The van der Waals surface area contributed by atoms with Gasteiger partial charge >= 0.3 is 0 Å². The Balaban J connectivity index is 1.71. The Kier molecular flexibility index (Phi) is 3.97. The van der Waals surface area contributed by atoms with Gasteiger partial charge in [-0.1, -0.05) is 51.1 Å². The van der Waals surface area contributed by atoms with Gasteiger partial charge in [0.25, 0.3) is 0 Å². The smallest absolute Gasteiger partial charge is 0.228 e. The lowest BCUT2D eigenvalue weighted by Crippen LogP contribution is -2.20. The van der Waals surface area contributed by atoms with Crippen LogP contribution in [0.3, 0.4) is 0 Å². The van der Waals surface area contributed by atoms with E-state index in [1.807, 2.05) is 18.2 Å². The lowest BCUT2D eigenvalue weighted by molar-refractivity contribution is -0.117. The lowest BCUT2D eigenvalue weighted by Gasteiger charge is -2.23. The van der Waals surface area contributed by atoms with E-state index in [0.29, 0.717) is 0 Å². The Morgan fingerprint density at radius 2 is 1.74 bits per heavy atom. The molecule has 2 aromatic rings. The molecule has 2 unspecified atom stereocenters. The standard InChI is InChI=1S/C20H22FNO/c1-20(2,3)17-6-4-5-7-18(17)22-19(23)16-12-15(16)13-8-10-14(21)11-9-13/h4-11,15-16H,12H2,1-3H3,(H,22,23). The van der Waals surface area contributed by atoms with Crippen molar-refractivity contribution in [3.63, 3.8) is 0 Å². The number of anilines is 1. The summed E-state index contributed by atoms with van der Waals surface area (Å²) in [6.45, 7) is 6.41. The summed E-state index contributed by atoms with van der Waals surface area (Å²) >= 11 is 0. The van der Waals surface area contributed by atoms with Crippen molar-refractivity contribution in [3.8, 4) is 0 Å². The summed E-state index contributed by atoms with van der Waals surface area (Å²) in [6, 6.07) is 14.4. The molecule has 2 aromatic carbocycles. The van der Waals surface area contributed by atoms with E-state index >= 15 is 0 Å². The predicted molar refractivity (Wildman–Crippen MR) is 91.0 cm³/mol. The minimum Gasteiger partial charge on any atom is -0.326 e. The second-order valence-electron chi connectivity index (χ2n) is 7.29. The van der Waals surface area contributed by atoms with E-state index in [9.17, 15) is 9.18 Å². The van der Waals surface area contributed by atoms with Gasteiger partial charge in [-0.3, -0.25) is 4.79 Å². The third-order valence-electron chi connectivity index (χ3n) is 4.42. The molecule has 0 saturated heterocycles. The molecule has 2 atom stereocenters. The fourth-order valence-electron chi connectivity index (χ4n) is 3.03. The molecule has 3 rings (SSSR count). The van der Waals surface area contributed by atoms with Gasteiger partial charge < -0.3 is 5.32 Å². The number of benzene rings is 2. The molecule has 1 aliphatic rings. The van der Waals surface area contributed by atoms with Crippen LogP contribution in [-0.2, 0) is 10.2 Å². The first-order chi connectivity index (χ1) is 10.9. The molecule has 1 aliphatic carbocycles. The van der Waals surface area contributed by atoms with Gasteiger partial charge in [-0.15, -0.1) is 0 Å². The number of para-hydroxylation sites is 1. The fraction of sp³-hybridized carbons (Fsp3) is 0.350. The molecular formula is C20H22FNO. The maximum Gasteiger partial charge on any atom is 0.228 e. The summed E-state index contributed by atoms with van der Waals surface area (Å²) < 4.78 is 13.0. The maximum atomic E-state index is 13.0. The minimum absolute atomic E-state index is 0.0199. The minimum atomic E-state index is -0.241. The second kappa shape index (κ2) is 5.80. The highest BCUT2D eigenvalue weighted by molar-refractivity contribution is 5.96. The van der Waals surface area contributed by atoms with Gasteiger partial charge in [0.05, 0.1) is 0 Å². The summed E-state index contributed by atoms with van der Waals surface area (Å²) in [5.41, 5.74) is 3.03. The van der Waals surface area contributed by atoms with Gasteiger partial charge in [0.15, 0.2) is 0 Å². The first kappa shape index (κ1) is 15.7. The number of nitrogens with one attached hydrogen (secondary N) is 1. The number of hydrogen-bond donors (Lipinski definition) is 1. The molecule has 0 heterocycles.